The lowest BCUT2D eigenvalue weighted by Crippen LogP contribution is -2.14. The van der Waals surface area contributed by atoms with Crippen LogP contribution in [0.5, 0.6) is 0 Å². The largest absolute Gasteiger partial charge is 0.445 e. The van der Waals surface area contributed by atoms with Crippen molar-refractivity contribution >= 4 is 0 Å². The van der Waals surface area contributed by atoms with Gasteiger partial charge in [-0.3, -0.25) is 0 Å². The van der Waals surface area contributed by atoms with Gasteiger partial charge in [-0.25, -0.2) is 4.98 Å². The summed E-state index contributed by atoms with van der Waals surface area (Å²) in [6.45, 7) is 3.49. The standard InChI is InChI=1S/C15H18N2O/c1-11-8-17-15(18-11)10-16-9-13-4-2-3-5-14(13)12-6-7-12/h2-5,8,12,16H,6-7,9-10H2,1H3. The van der Waals surface area contributed by atoms with Gasteiger partial charge in [-0.15, -0.1) is 0 Å². The zero-order valence-electron chi connectivity index (χ0n) is 10.6. The molecule has 0 atom stereocenters. The summed E-state index contributed by atoms with van der Waals surface area (Å²) in [6.07, 6.45) is 4.45. The molecule has 1 N–H and O–H groups in total. The third kappa shape index (κ3) is 2.62. The van der Waals surface area contributed by atoms with Crippen molar-refractivity contribution in [3.63, 3.8) is 0 Å². The van der Waals surface area contributed by atoms with E-state index >= 15 is 0 Å². The molecule has 0 spiro atoms. The van der Waals surface area contributed by atoms with E-state index in [0.29, 0.717) is 6.54 Å². The van der Waals surface area contributed by atoms with Gasteiger partial charge in [0.25, 0.3) is 0 Å². The highest BCUT2D eigenvalue weighted by Gasteiger charge is 2.25. The van der Waals surface area contributed by atoms with Crippen LogP contribution in [0.4, 0.5) is 0 Å². The van der Waals surface area contributed by atoms with Crippen molar-refractivity contribution in [1.29, 1.82) is 0 Å². The van der Waals surface area contributed by atoms with Crippen molar-refractivity contribution in [2.75, 3.05) is 0 Å². The maximum Gasteiger partial charge on any atom is 0.208 e. The van der Waals surface area contributed by atoms with Crippen molar-refractivity contribution in [1.82, 2.24) is 10.3 Å². The molecule has 0 unspecified atom stereocenters. The highest BCUT2D eigenvalue weighted by molar-refractivity contribution is 5.33. The van der Waals surface area contributed by atoms with Crippen LogP contribution in [0.2, 0.25) is 0 Å². The number of aryl methyl sites for hydroxylation is 1. The molecule has 1 aliphatic carbocycles. The van der Waals surface area contributed by atoms with Crippen molar-refractivity contribution in [3.05, 3.63) is 53.2 Å². The highest BCUT2D eigenvalue weighted by Crippen LogP contribution is 2.41. The second kappa shape index (κ2) is 4.94. The number of hydrogen-bond donors (Lipinski definition) is 1. The lowest BCUT2D eigenvalue weighted by atomic mass is 10.0. The summed E-state index contributed by atoms with van der Waals surface area (Å²) in [5.74, 6) is 2.42. The van der Waals surface area contributed by atoms with E-state index in [9.17, 15) is 0 Å². The molecule has 1 aromatic heterocycles. The Hall–Kier alpha value is -1.61. The second-order valence-corrected chi connectivity index (χ2v) is 4.94. The number of benzene rings is 1. The maximum absolute atomic E-state index is 5.44. The molecule has 0 radical (unpaired) electrons. The van der Waals surface area contributed by atoms with Crippen LogP contribution in [0.1, 0.15) is 41.5 Å². The molecule has 94 valence electrons. The highest BCUT2D eigenvalue weighted by atomic mass is 16.4. The average molecular weight is 242 g/mol. The van der Waals surface area contributed by atoms with Gasteiger partial charge in [-0.05, 0) is 36.8 Å². The van der Waals surface area contributed by atoms with E-state index in [-0.39, 0.29) is 0 Å². The molecule has 1 heterocycles. The fourth-order valence-electron chi connectivity index (χ4n) is 2.28. The van der Waals surface area contributed by atoms with Crippen LogP contribution in [-0.2, 0) is 13.1 Å². The number of nitrogens with one attached hydrogen (secondary N) is 1. The average Bonchev–Trinajstić information content (AvgIpc) is 3.14. The van der Waals surface area contributed by atoms with Crippen LogP contribution in [0, 0.1) is 6.92 Å². The fourth-order valence-corrected chi connectivity index (χ4v) is 2.28. The van der Waals surface area contributed by atoms with Crippen molar-refractivity contribution in [2.45, 2.75) is 38.8 Å². The van der Waals surface area contributed by atoms with E-state index < -0.39 is 0 Å². The number of nitrogens with zero attached hydrogens (tertiary/aromatic N) is 1. The van der Waals surface area contributed by atoms with E-state index in [2.05, 4.69) is 34.6 Å². The first-order valence-corrected chi connectivity index (χ1v) is 6.53. The molecule has 1 aromatic carbocycles. The van der Waals surface area contributed by atoms with Crippen LogP contribution < -0.4 is 5.32 Å². The third-order valence-electron chi connectivity index (χ3n) is 3.33. The van der Waals surface area contributed by atoms with E-state index in [1.54, 1.807) is 6.20 Å². The topological polar surface area (TPSA) is 38.1 Å². The van der Waals surface area contributed by atoms with Gasteiger partial charge in [-0.1, -0.05) is 24.3 Å². The first-order chi connectivity index (χ1) is 8.83. The van der Waals surface area contributed by atoms with Crippen molar-refractivity contribution in [3.8, 4) is 0 Å². The summed E-state index contributed by atoms with van der Waals surface area (Å²) < 4.78 is 5.44. The molecule has 3 heteroatoms. The third-order valence-corrected chi connectivity index (χ3v) is 3.33. The Morgan fingerprint density at radius 2 is 2.11 bits per heavy atom. The fraction of sp³-hybridized carbons (Fsp3) is 0.400. The monoisotopic (exact) mass is 242 g/mol. The smallest absolute Gasteiger partial charge is 0.208 e. The molecule has 3 rings (SSSR count). The minimum atomic E-state index is 0.687. The van der Waals surface area contributed by atoms with E-state index in [4.69, 9.17) is 4.42 Å². The van der Waals surface area contributed by atoms with Crippen LogP contribution in [0.25, 0.3) is 0 Å². The van der Waals surface area contributed by atoms with Crippen LogP contribution in [-0.4, -0.2) is 4.98 Å². The molecule has 0 saturated heterocycles. The van der Waals surface area contributed by atoms with E-state index in [0.717, 1.165) is 24.1 Å². The molecule has 0 bridgehead atoms. The number of hydrogen-bond acceptors (Lipinski definition) is 3. The minimum Gasteiger partial charge on any atom is -0.445 e. The first-order valence-electron chi connectivity index (χ1n) is 6.53. The zero-order chi connectivity index (χ0) is 12.4. The van der Waals surface area contributed by atoms with Crippen LogP contribution in [0.15, 0.2) is 34.9 Å². The summed E-state index contributed by atoms with van der Waals surface area (Å²) in [6, 6.07) is 8.71. The SMILES string of the molecule is Cc1cnc(CNCc2ccccc2C2CC2)o1. The molecule has 1 fully saturated rings. The maximum atomic E-state index is 5.44. The molecule has 0 aliphatic heterocycles. The Morgan fingerprint density at radius 3 is 2.83 bits per heavy atom. The summed E-state index contributed by atoms with van der Waals surface area (Å²) in [4.78, 5) is 4.19. The molecule has 1 aliphatic rings. The van der Waals surface area contributed by atoms with E-state index in [1.807, 2.05) is 6.92 Å². The summed E-state index contributed by atoms with van der Waals surface area (Å²) >= 11 is 0. The van der Waals surface area contributed by atoms with Gasteiger partial charge >= 0.3 is 0 Å². The summed E-state index contributed by atoms with van der Waals surface area (Å²) in [5, 5.41) is 3.40. The zero-order valence-corrected chi connectivity index (χ0v) is 10.6. The molecular weight excluding hydrogens is 224 g/mol. The lowest BCUT2D eigenvalue weighted by Gasteiger charge is -2.08. The second-order valence-electron chi connectivity index (χ2n) is 4.94. The molecule has 1 saturated carbocycles. The molecule has 18 heavy (non-hydrogen) atoms. The van der Waals surface area contributed by atoms with Crippen LogP contribution in [0.3, 0.4) is 0 Å². The van der Waals surface area contributed by atoms with Gasteiger partial charge in [0.05, 0.1) is 12.7 Å². The van der Waals surface area contributed by atoms with Gasteiger partial charge in [0, 0.05) is 6.54 Å². The number of aromatic nitrogens is 1. The van der Waals surface area contributed by atoms with Crippen LogP contribution >= 0.6 is 0 Å². The number of oxazole rings is 1. The number of rotatable bonds is 5. The van der Waals surface area contributed by atoms with Gasteiger partial charge in [0.15, 0.2) is 0 Å². The minimum absolute atomic E-state index is 0.687. The predicted molar refractivity (Wildman–Crippen MR) is 70.2 cm³/mol. The van der Waals surface area contributed by atoms with E-state index in [1.165, 1.54) is 24.0 Å². The lowest BCUT2D eigenvalue weighted by molar-refractivity contribution is 0.449. The van der Waals surface area contributed by atoms with Crippen molar-refractivity contribution < 1.29 is 4.42 Å². The molecule has 0 amide bonds. The Morgan fingerprint density at radius 1 is 1.28 bits per heavy atom. The van der Waals surface area contributed by atoms with Gasteiger partial charge in [-0.2, -0.15) is 0 Å². The Bertz CT molecular complexity index is 529. The summed E-state index contributed by atoms with van der Waals surface area (Å²) in [7, 11) is 0. The Kier molecular flexibility index (Phi) is 3.15. The normalized spacial score (nSPS) is 14.9. The predicted octanol–water partition coefficient (Wildman–Crippen LogP) is 3.15. The Labute approximate surface area is 107 Å². The summed E-state index contributed by atoms with van der Waals surface area (Å²) in [5.41, 5.74) is 2.91. The van der Waals surface area contributed by atoms with Gasteiger partial charge in [0.1, 0.15) is 5.76 Å². The molecule has 2 aromatic rings. The Balaban J connectivity index is 1.59. The quantitative estimate of drug-likeness (QED) is 0.875. The molecule has 3 nitrogen and oxygen atoms in total. The first kappa shape index (κ1) is 11.5. The van der Waals surface area contributed by atoms with Gasteiger partial charge in [0.2, 0.25) is 5.89 Å². The molecular formula is C15H18N2O. The van der Waals surface area contributed by atoms with Gasteiger partial charge < -0.3 is 9.73 Å². The van der Waals surface area contributed by atoms with Crippen molar-refractivity contribution in [2.24, 2.45) is 0 Å².